The molecule has 3 saturated heterocycles. The summed E-state index contributed by atoms with van der Waals surface area (Å²) in [6.45, 7) is 8.00. The lowest BCUT2D eigenvalue weighted by Crippen LogP contribution is -2.59. The van der Waals surface area contributed by atoms with E-state index in [-0.39, 0.29) is 36.4 Å². The number of hydrogen-bond acceptors (Lipinski definition) is 6. The van der Waals surface area contributed by atoms with E-state index < -0.39 is 41.6 Å². The van der Waals surface area contributed by atoms with Gasteiger partial charge in [0.05, 0.1) is 37.2 Å². The number of unbranched alkanes of at least 4 members (excludes halogenated alkanes) is 1. The molecule has 3 heterocycles. The molecule has 3 aliphatic heterocycles. The first-order valence-corrected chi connectivity index (χ1v) is 15.8. The van der Waals surface area contributed by atoms with E-state index in [1.54, 1.807) is 17.1 Å². The van der Waals surface area contributed by atoms with Crippen molar-refractivity contribution in [3.63, 3.8) is 0 Å². The van der Waals surface area contributed by atoms with Gasteiger partial charge >= 0.3 is 5.97 Å². The summed E-state index contributed by atoms with van der Waals surface area (Å²) in [5.74, 6) is -2.93. The zero-order valence-electron chi connectivity index (χ0n) is 24.2. The van der Waals surface area contributed by atoms with Crippen molar-refractivity contribution in [1.29, 1.82) is 0 Å². The molecule has 3 aliphatic rings. The van der Waals surface area contributed by atoms with Crippen LogP contribution in [0, 0.1) is 11.8 Å². The van der Waals surface area contributed by atoms with E-state index in [0.717, 1.165) is 11.1 Å². The van der Waals surface area contributed by atoms with Crippen LogP contribution in [0.3, 0.4) is 0 Å². The van der Waals surface area contributed by atoms with Crippen molar-refractivity contribution < 1.29 is 29.0 Å². The van der Waals surface area contributed by atoms with E-state index in [0.29, 0.717) is 32.2 Å². The Kier molecular flexibility index (Phi) is 9.84. The average Bonchev–Trinajstić information content (AvgIpc) is 3.62. The molecule has 43 heavy (non-hydrogen) atoms. The fraction of sp³-hybridized carbons (Fsp3) is 0.441. The fourth-order valence-electron chi connectivity index (χ4n) is 7.01. The van der Waals surface area contributed by atoms with Crippen LogP contribution in [-0.2, 0) is 36.8 Å². The minimum absolute atomic E-state index is 0.207. The number of rotatable bonds is 14. The number of alkyl halides is 1. The Hall–Kier alpha value is -3.27. The minimum atomic E-state index is -1.25. The van der Waals surface area contributed by atoms with Crippen LogP contribution < -0.4 is 0 Å². The van der Waals surface area contributed by atoms with Crippen LogP contribution in [0.25, 0.3) is 0 Å². The number of fused-ring (bicyclic) bond motifs is 1. The van der Waals surface area contributed by atoms with Gasteiger partial charge in [-0.25, -0.2) is 0 Å². The van der Waals surface area contributed by atoms with Gasteiger partial charge in [0.1, 0.15) is 11.6 Å². The van der Waals surface area contributed by atoms with Crippen molar-refractivity contribution in [3.8, 4) is 0 Å². The standard InChI is InChI=1S/C34H39BrN2O6/c1-3-5-12-18-42-33(41)27-28-31(39)37(25(22-38)19-23-13-8-6-9-14-23)30(34(28)20-26(35)29(27)43-34)32(40)36(17-4-2)21-24-15-10-7-11-16-24/h3-4,6-11,13-16,25-30,38H,1-2,5,12,17-22H2/t25-,26?,27-,28+,29-,30?,34?/m1/s1. The first kappa shape index (κ1) is 31.2. The Morgan fingerprint density at radius 3 is 2.42 bits per heavy atom. The maximum absolute atomic E-state index is 14.7. The van der Waals surface area contributed by atoms with Gasteiger partial charge < -0.3 is 24.4 Å². The second kappa shape index (κ2) is 13.6. The molecule has 3 fully saturated rings. The number of carbonyl (C=O) groups is 3. The summed E-state index contributed by atoms with van der Waals surface area (Å²) in [7, 11) is 0. The van der Waals surface area contributed by atoms with Gasteiger partial charge in [0.15, 0.2) is 0 Å². The van der Waals surface area contributed by atoms with Crippen LogP contribution in [-0.4, -0.2) is 81.1 Å². The third kappa shape index (κ3) is 5.95. The summed E-state index contributed by atoms with van der Waals surface area (Å²) < 4.78 is 12.3. The summed E-state index contributed by atoms with van der Waals surface area (Å²) in [5, 5.41) is 10.7. The predicted molar refractivity (Wildman–Crippen MR) is 166 cm³/mol. The molecule has 2 aromatic carbocycles. The van der Waals surface area contributed by atoms with Gasteiger partial charge in [-0.1, -0.05) is 88.7 Å². The molecule has 228 valence electrons. The molecule has 8 nitrogen and oxygen atoms in total. The maximum Gasteiger partial charge on any atom is 0.312 e. The SMILES string of the molecule is C=CCCCOC(=O)[C@H]1[C@@H]2OC3(CC2Br)C(C(=O)N(CC=C)Cc2ccccc2)N([C@@H](CO)Cc2ccccc2)C(=O)[C@H]13. The highest BCUT2D eigenvalue weighted by Crippen LogP contribution is 2.60. The van der Waals surface area contributed by atoms with Gasteiger partial charge in [-0.2, -0.15) is 0 Å². The summed E-state index contributed by atoms with van der Waals surface area (Å²) in [6, 6.07) is 17.4. The lowest BCUT2D eigenvalue weighted by atomic mass is 9.70. The highest BCUT2D eigenvalue weighted by molar-refractivity contribution is 9.09. The molecule has 0 aliphatic carbocycles. The Morgan fingerprint density at radius 2 is 1.79 bits per heavy atom. The molecule has 2 aromatic rings. The number of nitrogens with zero attached hydrogens (tertiary/aromatic N) is 2. The summed E-state index contributed by atoms with van der Waals surface area (Å²) >= 11 is 3.71. The van der Waals surface area contributed by atoms with Gasteiger partial charge in [0.25, 0.3) is 0 Å². The fourth-order valence-corrected chi connectivity index (χ4v) is 7.95. The third-order valence-electron chi connectivity index (χ3n) is 8.83. The molecule has 7 atom stereocenters. The molecule has 0 radical (unpaired) electrons. The number of benzene rings is 2. The second-order valence-corrected chi connectivity index (χ2v) is 12.7. The molecular formula is C34H39BrN2O6. The van der Waals surface area contributed by atoms with Crippen LogP contribution in [0.1, 0.15) is 30.4 Å². The van der Waals surface area contributed by atoms with Gasteiger partial charge in [-0.05, 0) is 36.8 Å². The normalized spacial score (nSPS) is 27.9. The van der Waals surface area contributed by atoms with Crippen molar-refractivity contribution in [2.75, 3.05) is 19.8 Å². The second-order valence-electron chi connectivity index (χ2n) is 11.5. The van der Waals surface area contributed by atoms with Crippen LogP contribution in [0.4, 0.5) is 0 Å². The monoisotopic (exact) mass is 650 g/mol. The van der Waals surface area contributed by atoms with Crippen LogP contribution in [0.5, 0.6) is 0 Å². The molecule has 0 aromatic heterocycles. The van der Waals surface area contributed by atoms with Crippen molar-refractivity contribution >= 4 is 33.7 Å². The van der Waals surface area contributed by atoms with Crippen molar-refractivity contribution in [2.45, 2.75) is 60.8 Å². The first-order valence-electron chi connectivity index (χ1n) is 14.9. The molecule has 3 unspecified atom stereocenters. The summed E-state index contributed by atoms with van der Waals surface area (Å²) in [6.07, 6.45) is 4.86. The Labute approximate surface area is 261 Å². The van der Waals surface area contributed by atoms with Gasteiger partial charge in [-0.15, -0.1) is 13.2 Å². The molecular weight excluding hydrogens is 612 g/mol. The van der Waals surface area contributed by atoms with Gasteiger partial charge in [-0.3, -0.25) is 14.4 Å². The lowest BCUT2D eigenvalue weighted by molar-refractivity contribution is -0.156. The number of ether oxygens (including phenoxy) is 2. The van der Waals surface area contributed by atoms with E-state index in [2.05, 4.69) is 29.1 Å². The van der Waals surface area contributed by atoms with E-state index in [1.807, 2.05) is 60.7 Å². The van der Waals surface area contributed by atoms with Gasteiger partial charge in [0, 0.05) is 17.9 Å². The summed E-state index contributed by atoms with van der Waals surface area (Å²) in [4.78, 5) is 45.7. The Bertz CT molecular complexity index is 1320. The van der Waals surface area contributed by atoms with Crippen molar-refractivity contribution in [3.05, 3.63) is 97.1 Å². The van der Waals surface area contributed by atoms with Crippen molar-refractivity contribution in [2.24, 2.45) is 11.8 Å². The lowest BCUT2D eigenvalue weighted by Gasteiger charge is -2.39. The first-order chi connectivity index (χ1) is 20.9. The quantitative estimate of drug-likeness (QED) is 0.143. The molecule has 2 bridgehead atoms. The number of carbonyl (C=O) groups excluding carboxylic acids is 3. The zero-order chi connectivity index (χ0) is 30.6. The largest absolute Gasteiger partial charge is 0.465 e. The van der Waals surface area contributed by atoms with E-state index >= 15 is 0 Å². The Balaban J connectivity index is 1.54. The van der Waals surface area contributed by atoms with Crippen LogP contribution in [0.15, 0.2) is 86.0 Å². The van der Waals surface area contributed by atoms with E-state index in [4.69, 9.17) is 9.47 Å². The molecule has 2 amide bonds. The van der Waals surface area contributed by atoms with Crippen LogP contribution >= 0.6 is 15.9 Å². The molecule has 5 rings (SSSR count). The smallest absolute Gasteiger partial charge is 0.312 e. The van der Waals surface area contributed by atoms with Gasteiger partial charge in [0.2, 0.25) is 11.8 Å². The molecule has 1 N–H and O–H groups in total. The topological polar surface area (TPSA) is 96.4 Å². The Morgan fingerprint density at radius 1 is 1.12 bits per heavy atom. The highest BCUT2D eigenvalue weighted by Gasteiger charge is 2.77. The average molecular weight is 652 g/mol. The van der Waals surface area contributed by atoms with Crippen molar-refractivity contribution in [1.82, 2.24) is 9.80 Å². The molecule has 0 saturated carbocycles. The number of allylic oxidation sites excluding steroid dienone is 1. The molecule has 1 spiro atoms. The zero-order valence-corrected chi connectivity index (χ0v) is 25.8. The number of halogens is 1. The summed E-state index contributed by atoms with van der Waals surface area (Å²) in [5.41, 5.74) is 0.601. The molecule has 9 heteroatoms. The number of likely N-dealkylation sites (tertiary alicyclic amines) is 1. The minimum Gasteiger partial charge on any atom is -0.465 e. The number of esters is 1. The van der Waals surface area contributed by atoms with E-state index in [1.165, 1.54) is 4.90 Å². The predicted octanol–water partition coefficient (Wildman–Crippen LogP) is 4.06. The number of aliphatic hydroxyl groups is 1. The number of aliphatic hydroxyl groups excluding tert-OH is 1. The van der Waals surface area contributed by atoms with E-state index in [9.17, 15) is 19.5 Å². The third-order valence-corrected chi connectivity index (χ3v) is 9.67. The van der Waals surface area contributed by atoms with Crippen LogP contribution in [0.2, 0.25) is 0 Å². The maximum atomic E-state index is 14.7. The number of hydrogen-bond donors (Lipinski definition) is 1. The number of amides is 2. The highest BCUT2D eigenvalue weighted by atomic mass is 79.9.